The van der Waals surface area contributed by atoms with Gasteiger partial charge >= 0.3 is 5.69 Å². The Balaban J connectivity index is 1.32. The third-order valence-corrected chi connectivity index (χ3v) is 6.30. The Labute approximate surface area is 182 Å². The maximum absolute atomic E-state index is 12.6. The van der Waals surface area contributed by atoms with Gasteiger partial charge in [0.25, 0.3) is 0 Å². The minimum atomic E-state index is -0.135. The standard InChI is InChI=1S/C25H29N3O3/c29-24-18-27(25(30)28(24)16-20-5-6-20)15-19-7-9-21(10-8-19)23-4-2-1-3-22(23)17-26-11-13-31-14-12-26/h1-4,7-10,18,20,29H,5-6,11-17H2. The first-order valence-electron chi connectivity index (χ1n) is 11.1. The maximum atomic E-state index is 12.6. The SMILES string of the molecule is O=c1n(Cc2ccc(-c3ccccc3CN3CCOCC3)cc2)cc(O)n1CC1CC1. The zero-order chi connectivity index (χ0) is 21.2. The van der Waals surface area contributed by atoms with Crippen molar-refractivity contribution >= 4 is 0 Å². The highest BCUT2D eigenvalue weighted by atomic mass is 16.5. The molecule has 5 rings (SSSR count). The van der Waals surface area contributed by atoms with E-state index in [0.717, 1.165) is 51.3 Å². The molecule has 0 spiro atoms. The summed E-state index contributed by atoms with van der Waals surface area (Å²) in [5.74, 6) is 0.599. The van der Waals surface area contributed by atoms with E-state index in [9.17, 15) is 9.90 Å². The van der Waals surface area contributed by atoms with Crippen molar-refractivity contribution in [3.8, 4) is 17.0 Å². The minimum Gasteiger partial charge on any atom is -0.493 e. The summed E-state index contributed by atoms with van der Waals surface area (Å²) < 4.78 is 8.56. The van der Waals surface area contributed by atoms with Crippen molar-refractivity contribution in [2.75, 3.05) is 26.3 Å². The zero-order valence-corrected chi connectivity index (χ0v) is 17.7. The second-order valence-electron chi connectivity index (χ2n) is 8.69. The van der Waals surface area contributed by atoms with Gasteiger partial charge < -0.3 is 9.84 Å². The van der Waals surface area contributed by atoms with E-state index in [0.29, 0.717) is 19.0 Å². The van der Waals surface area contributed by atoms with Gasteiger partial charge in [-0.3, -0.25) is 14.0 Å². The maximum Gasteiger partial charge on any atom is 0.331 e. The van der Waals surface area contributed by atoms with Crippen LogP contribution in [-0.2, 0) is 24.4 Å². The van der Waals surface area contributed by atoms with Crippen LogP contribution in [0.3, 0.4) is 0 Å². The number of nitrogens with zero attached hydrogens (tertiary/aromatic N) is 3. The molecule has 2 fully saturated rings. The highest BCUT2D eigenvalue weighted by Crippen LogP contribution is 2.31. The van der Waals surface area contributed by atoms with Crippen LogP contribution in [0.5, 0.6) is 5.88 Å². The summed E-state index contributed by atoms with van der Waals surface area (Å²) in [4.78, 5) is 15.1. The van der Waals surface area contributed by atoms with Crippen LogP contribution in [0.4, 0.5) is 0 Å². The molecule has 6 heteroatoms. The summed E-state index contributed by atoms with van der Waals surface area (Å²) in [7, 11) is 0. The second kappa shape index (κ2) is 8.73. The molecule has 3 aromatic rings. The summed E-state index contributed by atoms with van der Waals surface area (Å²) in [6.45, 7) is 5.54. The number of aromatic hydroxyl groups is 1. The van der Waals surface area contributed by atoms with Gasteiger partial charge in [0, 0.05) is 26.2 Å². The van der Waals surface area contributed by atoms with Crippen LogP contribution in [0.2, 0.25) is 0 Å². The molecular weight excluding hydrogens is 390 g/mol. The molecule has 1 aliphatic carbocycles. The van der Waals surface area contributed by atoms with Gasteiger partial charge in [-0.15, -0.1) is 0 Å². The Bertz CT molecular complexity index is 1090. The van der Waals surface area contributed by atoms with Gasteiger partial charge in [0.1, 0.15) is 0 Å². The molecule has 6 nitrogen and oxygen atoms in total. The molecule has 31 heavy (non-hydrogen) atoms. The Morgan fingerprint density at radius 3 is 2.45 bits per heavy atom. The van der Waals surface area contributed by atoms with E-state index in [1.165, 1.54) is 21.3 Å². The molecule has 0 amide bonds. The lowest BCUT2D eigenvalue weighted by Gasteiger charge is -2.27. The third-order valence-electron chi connectivity index (χ3n) is 6.30. The van der Waals surface area contributed by atoms with Gasteiger partial charge in [0.2, 0.25) is 5.88 Å². The Morgan fingerprint density at radius 1 is 0.968 bits per heavy atom. The van der Waals surface area contributed by atoms with E-state index in [4.69, 9.17) is 4.74 Å². The molecule has 0 atom stereocenters. The fraction of sp³-hybridized carbons (Fsp3) is 0.400. The van der Waals surface area contributed by atoms with Gasteiger partial charge in [-0.05, 0) is 41.0 Å². The van der Waals surface area contributed by atoms with Crippen LogP contribution >= 0.6 is 0 Å². The van der Waals surface area contributed by atoms with Crippen molar-refractivity contribution in [2.45, 2.75) is 32.5 Å². The van der Waals surface area contributed by atoms with Crippen LogP contribution in [0.15, 0.2) is 59.5 Å². The summed E-state index contributed by atoms with van der Waals surface area (Å²) in [5.41, 5.74) is 4.64. The summed E-state index contributed by atoms with van der Waals surface area (Å²) in [6.07, 6.45) is 3.84. The first-order chi connectivity index (χ1) is 15.2. The van der Waals surface area contributed by atoms with Gasteiger partial charge in [-0.1, -0.05) is 48.5 Å². The lowest BCUT2D eigenvalue weighted by Crippen LogP contribution is -2.35. The van der Waals surface area contributed by atoms with E-state index >= 15 is 0 Å². The molecule has 2 aromatic carbocycles. The molecule has 1 aliphatic heterocycles. The van der Waals surface area contributed by atoms with E-state index in [1.54, 1.807) is 10.8 Å². The first kappa shape index (κ1) is 20.1. The van der Waals surface area contributed by atoms with Crippen molar-refractivity contribution < 1.29 is 9.84 Å². The third kappa shape index (κ3) is 4.60. The second-order valence-corrected chi connectivity index (χ2v) is 8.69. The molecular formula is C25H29N3O3. The molecule has 1 aromatic heterocycles. The van der Waals surface area contributed by atoms with Crippen LogP contribution in [-0.4, -0.2) is 45.4 Å². The Kier molecular flexibility index (Phi) is 5.66. The van der Waals surface area contributed by atoms with Gasteiger partial charge in [0.05, 0.1) is 26.0 Å². The summed E-state index contributed by atoms with van der Waals surface area (Å²) in [5, 5.41) is 10.2. The largest absolute Gasteiger partial charge is 0.493 e. The van der Waals surface area contributed by atoms with Crippen LogP contribution in [0, 0.1) is 5.92 Å². The van der Waals surface area contributed by atoms with Gasteiger partial charge in [-0.25, -0.2) is 4.79 Å². The fourth-order valence-electron chi connectivity index (χ4n) is 4.29. The van der Waals surface area contributed by atoms with Crippen molar-refractivity contribution in [3.63, 3.8) is 0 Å². The minimum absolute atomic E-state index is 0.0607. The summed E-state index contributed by atoms with van der Waals surface area (Å²) >= 11 is 0. The van der Waals surface area contributed by atoms with Crippen LogP contribution in [0.25, 0.3) is 11.1 Å². The molecule has 1 N–H and O–H groups in total. The molecule has 0 radical (unpaired) electrons. The molecule has 1 saturated carbocycles. The van der Waals surface area contributed by atoms with Crippen molar-refractivity contribution in [1.82, 2.24) is 14.0 Å². The lowest BCUT2D eigenvalue weighted by molar-refractivity contribution is 0.0342. The molecule has 1 saturated heterocycles. The molecule has 0 unspecified atom stereocenters. The fourth-order valence-corrected chi connectivity index (χ4v) is 4.29. The first-order valence-corrected chi connectivity index (χ1v) is 11.1. The quantitative estimate of drug-likeness (QED) is 0.638. The summed E-state index contributed by atoms with van der Waals surface area (Å²) in [6, 6.07) is 16.9. The number of morpholine rings is 1. The molecule has 2 aliphatic rings. The lowest BCUT2D eigenvalue weighted by atomic mass is 9.98. The number of aromatic nitrogens is 2. The predicted molar refractivity (Wildman–Crippen MR) is 120 cm³/mol. The smallest absolute Gasteiger partial charge is 0.331 e. The van der Waals surface area contributed by atoms with E-state index < -0.39 is 0 Å². The average Bonchev–Trinajstić information content (AvgIpc) is 3.58. The predicted octanol–water partition coefficient (Wildman–Crippen LogP) is 3.31. The molecule has 2 heterocycles. The average molecular weight is 420 g/mol. The highest BCUT2D eigenvalue weighted by molar-refractivity contribution is 5.67. The molecule has 162 valence electrons. The topological polar surface area (TPSA) is 59.6 Å². The zero-order valence-electron chi connectivity index (χ0n) is 17.7. The highest BCUT2D eigenvalue weighted by Gasteiger charge is 2.24. The van der Waals surface area contributed by atoms with E-state index in [1.807, 2.05) is 0 Å². The number of hydrogen-bond donors (Lipinski definition) is 1. The number of ether oxygens (including phenoxy) is 1. The van der Waals surface area contributed by atoms with Gasteiger partial charge in [-0.2, -0.15) is 0 Å². The Morgan fingerprint density at radius 2 is 1.71 bits per heavy atom. The Hall–Kier alpha value is -2.83. The van der Waals surface area contributed by atoms with Crippen LogP contribution in [0.1, 0.15) is 24.0 Å². The number of rotatable bonds is 7. The molecule has 0 bridgehead atoms. The number of benzene rings is 2. The monoisotopic (exact) mass is 419 g/mol. The van der Waals surface area contributed by atoms with Crippen molar-refractivity contribution in [2.24, 2.45) is 5.92 Å². The van der Waals surface area contributed by atoms with Crippen LogP contribution < -0.4 is 5.69 Å². The van der Waals surface area contributed by atoms with Gasteiger partial charge in [0.15, 0.2) is 0 Å². The number of hydrogen-bond acceptors (Lipinski definition) is 4. The normalized spacial score (nSPS) is 17.2. The number of imidazole rings is 1. The van der Waals surface area contributed by atoms with E-state index in [-0.39, 0.29) is 11.6 Å². The van der Waals surface area contributed by atoms with Crippen molar-refractivity contribution in [3.05, 3.63) is 76.3 Å². The van der Waals surface area contributed by atoms with E-state index in [2.05, 4.69) is 53.4 Å². The van der Waals surface area contributed by atoms with Crippen molar-refractivity contribution in [1.29, 1.82) is 0 Å².